The van der Waals surface area contributed by atoms with Crippen LogP contribution in [0.3, 0.4) is 0 Å². The van der Waals surface area contributed by atoms with Crippen molar-refractivity contribution >= 4 is 103 Å². The third-order valence-electron chi connectivity index (χ3n) is 19.2. The van der Waals surface area contributed by atoms with Crippen molar-refractivity contribution in [1.29, 1.82) is 0 Å². The third-order valence-corrected chi connectivity index (χ3v) is 19.2. The van der Waals surface area contributed by atoms with Crippen LogP contribution < -0.4 is 16.4 Å². The summed E-state index contributed by atoms with van der Waals surface area (Å²) in [5.74, 6) is 2.97. The molecule has 0 radical (unpaired) electrons. The summed E-state index contributed by atoms with van der Waals surface area (Å²) in [4.78, 5) is 34.3. The normalized spacial score (nSPS) is 11.2. The standard InChI is InChI=1S/C34H24BN3O2.C28H20BN3O2.C27H19BN4O2/c39-35(40)26-18-19-33-29(21-26)28-16-7-8-17-32(28)38(33)27-15-9-14-25(20-27)34-36-30(23-10-3-1-4-11-23)22-31(37-34)24-12-5-2-6-13-24;33-29(34)21-15-16-25-23(17-21)22-13-7-8-14-24(22)32(25)26-18-30-28(20-11-5-2-6-12-20)31-27(26)19-9-3-1-4-10-19;33-28(34)20-15-16-24-22(17-20)21-13-7-8-14-23(21)32(24)27-30-25(18-9-3-1-4-10-18)29-26(31-27)19-11-5-2-6-12-19/h1-22,39-40H;1-18,33-34H;1-17,33-34H. The molecule has 16 nitrogen and oxygen atoms in total. The fraction of sp³-hybridized carbons (Fsp3) is 0. The van der Waals surface area contributed by atoms with E-state index in [1.807, 2.05) is 259 Å². The first-order chi connectivity index (χ1) is 53.0. The van der Waals surface area contributed by atoms with Gasteiger partial charge < -0.3 is 39.3 Å². The molecule has 19 aromatic rings. The fourth-order valence-electron chi connectivity index (χ4n) is 14.1. The molecule has 0 bridgehead atoms. The Morgan fingerprint density at radius 1 is 0.231 bits per heavy atom. The van der Waals surface area contributed by atoms with E-state index in [2.05, 4.69) is 75.9 Å². The van der Waals surface area contributed by atoms with Crippen LogP contribution in [0.25, 0.3) is 162 Å². The van der Waals surface area contributed by atoms with Gasteiger partial charge in [-0.25, -0.2) is 24.9 Å². The number of hydrogen-bond donors (Lipinski definition) is 6. The summed E-state index contributed by atoms with van der Waals surface area (Å²) < 4.78 is 6.34. The number of para-hydroxylation sites is 3. The Morgan fingerprint density at radius 3 is 1.02 bits per heavy atom. The van der Waals surface area contributed by atoms with Gasteiger partial charge in [0.05, 0.1) is 62.1 Å². The third kappa shape index (κ3) is 13.2. The monoisotopic (exact) mass is 1400 g/mol. The molecule has 19 heteroatoms. The van der Waals surface area contributed by atoms with Gasteiger partial charge in [-0.15, -0.1) is 0 Å². The molecular formula is C89H63B3N10O6. The highest BCUT2D eigenvalue weighted by atomic mass is 16.4. The second kappa shape index (κ2) is 29.5. The van der Waals surface area contributed by atoms with Crippen molar-refractivity contribution in [3.63, 3.8) is 0 Å². The Balaban J connectivity index is 0.000000119. The summed E-state index contributed by atoms with van der Waals surface area (Å²) in [5.41, 5.74) is 18.2. The molecule has 0 atom stereocenters. The van der Waals surface area contributed by atoms with E-state index in [4.69, 9.17) is 34.9 Å². The first kappa shape index (κ1) is 67.6. The lowest BCUT2D eigenvalue weighted by Crippen LogP contribution is -2.29. The number of aromatic nitrogens is 10. The molecule has 0 aliphatic heterocycles. The summed E-state index contributed by atoms with van der Waals surface area (Å²) in [6.45, 7) is 0. The summed E-state index contributed by atoms with van der Waals surface area (Å²) in [5, 5.41) is 64.3. The average Bonchev–Trinajstić information content (AvgIpc) is 1.59. The number of fused-ring (bicyclic) bond motifs is 9. The number of hydrogen-bond acceptors (Lipinski definition) is 13. The molecule has 514 valence electrons. The molecule has 6 aromatic heterocycles. The van der Waals surface area contributed by atoms with Gasteiger partial charge in [-0.1, -0.05) is 285 Å². The highest BCUT2D eigenvalue weighted by Crippen LogP contribution is 2.39. The Kier molecular flexibility index (Phi) is 18.4. The zero-order valence-corrected chi connectivity index (χ0v) is 57.8. The quantitative estimate of drug-likeness (QED) is 0.0592. The van der Waals surface area contributed by atoms with Crippen LogP contribution in [0.1, 0.15) is 0 Å². The highest BCUT2D eigenvalue weighted by Gasteiger charge is 2.24. The molecule has 0 saturated carbocycles. The van der Waals surface area contributed by atoms with Crippen LogP contribution in [0.4, 0.5) is 0 Å². The van der Waals surface area contributed by atoms with Gasteiger partial charge in [-0.3, -0.25) is 4.57 Å². The maximum Gasteiger partial charge on any atom is 0.488 e. The van der Waals surface area contributed by atoms with Gasteiger partial charge in [-0.05, 0) is 71.0 Å². The second-order valence-electron chi connectivity index (χ2n) is 25.9. The minimum absolute atomic E-state index is 0.431. The summed E-state index contributed by atoms with van der Waals surface area (Å²) in [7, 11) is -4.60. The fourth-order valence-corrected chi connectivity index (χ4v) is 14.1. The van der Waals surface area contributed by atoms with E-state index < -0.39 is 21.4 Å². The van der Waals surface area contributed by atoms with Crippen molar-refractivity contribution in [3.05, 3.63) is 346 Å². The molecule has 0 unspecified atom stereocenters. The van der Waals surface area contributed by atoms with Gasteiger partial charge in [0.2, 0.25) is 5.95 Å². The summed E-state index contributed by atoms with van der Waals surface area (Å²) in [6, 6.07) is 111. The van der Waals surface area contributed by atoms with Crippen molar-refractivity contribution in [3.8, 4) is 96.6 Å². The van der Waals surface area contributed by atoms with Crippen LogP contribution in [-0.2, 0) is 0 Å². The molecule has 13 aromatic carbocycles. The lowest BCUT2D eigenvalue weighted by molar-refractivity contribution is 0.424. The van der Waals surface area contributed by atoms with Gasteiger partial charge >= 0.3 is 21.4 Å². The van der Waals surface area contributed by atoms with E-state index in [1.165, 1.54) is 0 Å². The highest BCUT2D eigenvalue weighted by molar-refractivity contribution is 6.60. The lowest BCUT2D eigenvalue weighted by Gasteiger charge is -2.14. The maximum absolute atomic E-state index is 9.79. The minimum Gasteiger partial charge on any atom is -0.423 e. The molecule has 19 rings (SSSR count). The molecular weight excluding hydrogens is 1340 g/mol. The van der Waals surface area contributed by atoms with E-state index in [1.54, 1.807) is 24.3 Å². The lowest BCUT2D eigenvalue weighted by atomic mass is 9.80. The van der Waals surface area contributed by atoms with E-state index in [-0.39, 0.29) is 0 Å². The van der Waals surface area contributed by atoms with Crippen LogP contribution in [0.2, 0.25) is 0 Å². The largest absolute Gasteiger partial charge is 0.488 e. The van der Waals surface area contributed by atoms with E-state index in [0.717, 1.165) is 133 Å². The number of nitrogens with zero attached hydrogens (tertiary/aromatic N) is 10. The van der Waals surface area contributed by atoms with Crippen molar-refractivity contribution in [2.75, 3.05) is 0 Å². The average molecular weight is 1400 g/mol. The summed E-state index contributed by atoms with van der Waals surface area (Å²) >= 11 is 0. The van der Waals surface area contributed by atoms with Gasteiger partial charge in [0.25, 0.3) is 0 Å². The first-order valence-electron chi connectivity index (χ1n) is 35.2. The molecule has 0 saturated heterocycles. The summed E-state index contributed by atoms with van der Waals surface area (Å²) in [6.07, 6.45) is 1.87. The van der Waals surface area contributed by atoms with Crippen LogP contribution in [0, 0.1) is 0 Å². The predicted molar refractivity (Wildman–Crippen MR) is 434 cm³/mol. The molecule has 108 heavy (non-hydrogen) atoms. The zero-order valence-electron chi connectivity index (χ0n) is 57.8. The van der Waals surface area contributed by atoms with Crippen LogP contribution in [0.15, 0.2) is 346 Å². The smallest absolute Gasteiger partial charge is 0.423 e. The molecule has 0 fully saturated rings. The van der Waals surface area contributed by atoms with Crippen molar-refractivity contribution < 1.29 is 30.1 Å². The predicted octanol–water partition coefficient (Wildman–Crippen LogP) is 14.8. The first-order valence-corrected chi connectivity index (χ1v) is 35.2. The Morgan fingerprint density at radius 2 is 0.574 bits per heavy atom. The van der Waals surface area contributed by atoms with Gasteiger partial charge in [-0.2, -0.15) is 9.97 Å². The second-order valence-corrected chi connectivity index (χ2v) is 25.9. The topological polar surface area (TPSA) is 226 Å². The van der Waals surface area contributed by atoms with Gasteiger partial charge in [0.1, 0.15) is 0 Å². The van der Waals surface area contributed by atoms with Crippen LogP contribution in [0.5, 0.6) is 0 Å². The number of benzene rings is 13. The molecule has 0 spiro atoms. The van der Waals surface area contributed by atoms with Gasteiger partial charge in [0.15, 0.2) is 23.3 Å². The molecule has 0 aliphatic carbocycles. The van der Waals surface area contributed by atoms with E-state index in [0.29, 0.717) is 45.6 Å². The van der Waals surface area contributed by atoms with Crippen molar-refractivity contribution in [2.24, 2.45) is 0 Å². The van der Waals surface area contributed by atoms with Crippen molar-refractivity contribution in [2.45, 2.75) is 0 Å². The Bertz CT molecular complexity index is 6380. The molecule has 6 heterocycles. The van der Waals surface area contributed by atoms with Crippen molar-refractivity contribution in [1.82, 2.24) is 48.6 Å². The Hall–Kier alpha value is -13.6. The zero-order chi connectivity index (χ0) is 73.2. The molecule has 0 aliphatic rings. The van der Waals surface area contributed by atoms with E-state index >= 15 is 0 Å². The van der Waals surface area contributed by atoms with Crippen LogP contribution in [-0.4, -0.2) is 100 Å². The minimum atomic E-state index is -1.54. The van der Waals surface area contributed by atoms with Crippen LogP contribution >= 0.6 is 0 Å². The Labute approximate surface area is 620 Å². The van der Waals surface area contributed by atoms with Gasteiger partial charge in [0, 0.05) is 76.9 Å². The van der Waals surface area contributed by atoms with E-state index in [9.17, 15) is 30.1 Å². The molecule has 0 amide bonds. The SMILES string of the molecule is OB(O)c1ccc2c(c1)c1ccccc1n2-c1cccc(-c2nc(-c3ccccc3)cc(-c3ccccc3)n2)c1.OB(O)c1ccc2c(c1)c1ccccc1n2-c1cnc(-c2ccccc2)nc1-c1ccccc1.OB(O)c1ccc2c(c1)c1ccccc1n2-c1nc(-c2ccccc2)nc(-c2ccccc2)n1. The maximum atomic E-state index is 9.79. The number of rotatable bonds is 13. The molecule has 6 N–H and O–H groups in total.